The Hall–Kier alpha value is -0.260. The molecule has 0 bridgehead atoms. The lowest BCUT2D eigenvalue weighted by Crippen LogP contribution is -2.33. The second kappa shape index (κ2) is 2.77. The number of rotatable bonds is 1. The first-order valence-corrected chi connectivity index (χ1v) is 4.29. The van der Waals surface area contributed by atoms with Crippen molar-refractivity contribution >= 4 is 0 Å². The smallest absolute Gasteiger partial charge is 0.0175 e. The highest BCUT2D eigenvalue weighted by Gasteiger charge is 2.34. The Morgan fingerprint density at radius 3 is 2.30 bits per heavy atom. The Morgan fingerprint density at radius 1 is 1.40 bits per heavy atom. The van der Waals surface area contributed by atoms with E-state index < -0.39 is 0 Å². The molecule has 0 spiro atoms. The lowest BCUT2D eigenvalue weighted by Gasteiger charge is -2.41. The first-order valence-electron chi connectivity index (χ1n) is 4.29. The molecule has 0 heteroatoms. The zero-order chi connectivity index (χ0) is 7.72. The summed E-state index contributed by atoms with van der Waals surface area (Å²) < 4.78 is 0. The highest BCUT2D eigenvalue weighted by Crippen LogP contribution is 2.43. The fraction of sp³-hybridized carbons (Fsp3) is 0.800. The molecule has 0 aliphatic heterocycles. The molecule has 0 aromatic rings. The fourth-order valence-electron chi connectivity index (χ4n) is 1.85. The van der Waals surface area contributed by atoms with Crippen molar-refractivity contribution in [3.8, 4) is 0 Å². The van der Waals surface area contributed by atoms with E-state index in [1.165, 1.54) is 6.42 Å². The van der Waals surface area contributed by atoms with E-state index in [9.17, 15) is 0 Å². The van der Waals surface area contributed by atoms with E-state index in [1.54, 1.807) is 5.57 Å². The highest BCUT2D eigenvalue weighted by atomic mass is 14.4. The standard InChI is InChI=1S/C10H18/c1-5-7(2)10-6-8(3)9(10)4/h5,8-10H,6H2,1-4H3. The largest absolute Gasteiger partial charge is 0.0884 e. The highest BCUT2D eigenvalue weighted by molar-refractivity contribution is 5.08. The van der Waals surface area contributed by atoms with Crippen molar-refractivity contribution in [3.63, 3.8) is 0 Å². The molecule has 0 aromatic heterocycles. The van der Waals surface area contributed by atoms with E-state index >= 15 is 0 Å². The summed E-state index contributed by atoms with van der Waals surface area (Å²) in [6.07, 6.45) is 3.67. The van der Waals surface area contributed by atoms with Gasteiger partial charge in [0.25, 0.3) is 0 Å². The van der Waals surface area contributed by atoms with Crippen LogP contribution in [0.5, 0.6) is 0 Å². The summed E-state index contributed by atoms with van der Waals surface area (Å²) in [6, 6.07) is 0. The molecule has 0 saturated heterocycles. The molecule has 1 aliphatic carbocycles. The lowest BCUT2D eigenvalue weighted by molar-refractivity contribution is 0.135. The number of hydrogen-bond acceptors (Lipinski definition) is 0. The molecular formula is C10H18. The van der Waals surface area contributed by atoms with Gasteiger partial charge in [-0.1, -0.05) is 25.5 Å². The number of hydrogen-bond donors (Lipinski definition) is 0. The Balaban J connectivity index is 2.48. The van der Waals surface area contributed by atoms with Crippen LogP contribution in [0, 0.1) is 17.8 Å². The molecule has 10 heavy (non-hydrogen) atoms. The molecule has 0 nitrogen and oxygen atoms in total. The quantitative estimate of drug-likeness (QED) is 0.488. The molecule has 0 radical (unpaired) electrons. The third-order valence-corrected chi connectivity index (χ3v) is 3.20. The van der Waals surface area contributed by atoms with E-state index in [4.69, 9.17) is 0 Å². The topological polar surface area (TPSA) is 0 Å². The second-order valence-corrected chi connectivity index (χ2v) is 3.71. The summed E-state index contributed by atoms with van der Waals surface area (Å²) in [6.45, 7) is 9.12. The van der Waals surface area contributed by atoms with Crippen LogP contribution >= 0.6 is 0 Å². The van der Waals surface area contributed by atoms with Crippen molar-refractivity contribution in [1.82, 2.24) is 0 Å². The number of allylic oxidation sites excluding steroid dienone is 2. The molecule has 1 aliphatic rings. The minimum atomic E-state index is 0.903. The van der Waals surface area contributed by atoms with Crippen molar-refractivity contribution in [2.45, 2.75) is 34.1 Å². The maximum absolute atomic E-state index is 2.37. The molecule has 3 atom stereocenters. The maximum Gasteiger partial charge on any atom is -0.0175 e. The maximum atomic E-state index is 2.37. The minimum absolute atomic E-state index is 0.903. The van der Waals surface area contributed by atoms with Crippen molar-refractivity contribution in [2.75, 3.05) is 0 Å². The molecule has 58 valence electrons. The summed E-state index contributed by atoms with van der Waals surface area (Å²) in [5.74, 6) is 2.79. The van der Waals surface area contributed by atoms with Crippen molar-refractivity contribution in [1.29, 1.82) is 0 Å². The SMILES string of the molecule is CC=C(C)C1CC(C)C1C. The van der Waals surface area contributed by atoms with Crippen molar-refractivity contribution in [3.05, 3.63) is 11.6 Å². The minimum Gasteiger partial charge on any atom is -0.0884 e. The predicted octanol–water partition coefficient (Wildman–Crippen LogP) is 3.24. The second-order valence-electron chi connectivity index (χ2n) is 3.71. The van der Waals surface area contributed by atoms with Gasteiger partial charge in [-0.05, 0) is 38.0 Å². The van der Waals surface area contributed by atoms with Crippen LogP contribution in [-0.4, -0.2) is 0 Å². The van der Waals surface area contributed by atoms with Crippen LogP contribution in [0.1, 0.15) is 34.1 Å². The van der Waals surface area contributed by atoms with Gasteiger partial charge in [-0.15, -0.1) is 0 Å². The monoisotopic (exact) mass is 138 g/mol. The van der Waals surface area contributed by atoms with Gasteiger partial charge in [0.1, 0.15) is 0 Å². The van der Waals surface area contributed by atoms with Crippen molar-refractivity contribution < 1.29 is 0 Å². The Bertz CT molecular complexity index is 144. The van der Waals surface area contributed by atoms with Gasteiger partial charge in [0.15, 0.2) is 0 Å². The molecule has 0 aromatic carbocycles. The van der Waals surface area contributed by atoms with Gasteiger partial charge in [-0.25, -0.2) is 0 Å². The Labute approximate surface area is 64.3 Å². The van der Waals surface area contributed by atoms with Crippen LogP contribution in [0.15, 0.2) is 11.6 Å². The first-order chi connectivity index (χ1) is 4.66. The third kappa shape index (κ3) is 1.12. The summed E-state index contributed by atoms with van der Waals surface area (Å²) in [5.41, 5.74) is 1.59. The van der Waals surface area contributed by atoms with Gasteiger partial charge >= 0.3 is 0 Å². The van der Waals surface area contributed by atoms with Gasteiger partial charge in [0.05, 0.1) is 0 Å². The van der Waals surface area contributed by atoms with E-state index in [1.807, 2.05) is 0 Å². The van der Waals surface area contributed by atoms with E-state index in [-0.39, 0.29) is 0 Å². The van der Waals surface area contributed by atoms with Crippen LogP contribution in [0.4, 0.5) is 0 Å². The average molecular weight is 138 g/mol. The van der Waals surface area contributed by atoms with Gasteiger partial charge < -0.3 is 0 Å². The lowest BCUT2D eigenvalue weighted by atomic mass is 9.64. The molecule has 3 unspecified atom stereocenters. The van der Waals surface area contributed by atoms with E-state index in [2.05, 4.69) is 33.8 Å². The molecule has 0 amide bonds. The molecule has 1 fully saturated rings. The Kier molecular flexibility index (Phi) is 2.18. The van der Waals surface area contributed by atoms with Gasteiger partial charge in [0, 0.05) is 0 Å². The average Bonchev–Trinajstić information content (AvgIpc) is 1.98. The zero-order valence-electron chi connectivity index (χ0n) is 7.52. The molecule has 1 rings (SSSR count). The van der Waals surface area contributed by atoms with Crippen LogP contribution in [0.3, 0.4) is 0 Å². The molecular weight excluding hydrogens is 120 g/mol. The predicted molar refractivity (Wildman–Crippen MR) is 45.9 cm³/mol. The van der Waals surface area contributed by atoms with E-state index in [0.717, 1.165) is 17.8 Å². The molecule has 0 heterocycles. The molecule has 0 N–H and O–H groups in total. The first kappa shape index (κ1) is 7.84. The summed E-state index contributed by atoms with van der Waals surface area (Å²) in [7, 11) is 0. The van der Waals surface area contributed by atoms with E-state index in [0.29, 0.717) is 0 Å². The van der Waals surface area contributed by atoms with Crippen LogP contribution in [-0.2, 0) is 0 Å². The fourth-order valence-corrected chi connectivity index (χ4v) is 1.85. The van der Waals surface area contributed by atoms with Gasteiger partial charge in [0.2, 0.25) is 0 Å². The van der Waals surface area contributed by atoms with Crippen LogP contribution < -0.4 is 0 Å². The third-order valence-electron chi connectivity index (χ3n) is 3.20. The van der Waals surface area contributed by atoms with Crippen LogP contribution in [0.2, 0.25) is 0 Å². The normalized spacial score (nSPS) is 41.2. The Morgan fingerprint density at radius 2 is 2.00 bits per heavy atom. The van der Waals surface area contributed by atoms with Gasteiger partial charge in [-0.2, -0.15) is 0 Å². The van der Waals surface area contributed by atoms with Crippen LogP contribution in [0.25, 0.3) is 0 Å². The molecule has 1 saturated carbocycles. The zero-order valence-corrected chi connectivity index (χ0v) is 7.52. The van der Waals surface area contributed by atoms with Crippen molar-refractivity contribution in [2.24, 2.45) is 17.8 Å². The summed E-state index contributed by atoms with van der Waals surface area (Å²) in [5, 5.41) is 0. The summed E-state index contributed by atoms with van der Waals surface area (Å²) >= 11 is 0. The van der Waals surface area contributed by atoms with Gasteiger partial charge in [-0.3, -0.25) is 0 Å². The summed E-state index contributed by atoms with van der Waals surface area (Å²) in [4.78, 5) is 0.